The molecule has 1 aliphatic heterocycles. The minimum Gasteiger partial charge on any atom is -0.489 e. The van der Waals surface area contributed by atoms with Gasteiger partial charge in [-0.15, -0.1) is 0 Å². The number of piperidine rings is 1. The quantitative estimate of drug-likeness (QED) is 0.855. The van der Waals surface area contributed by atoms with Crippen LogP contribution in [0.1, 0.15) is 34.3 Å². The predicted molar refractivity (Wildman–Crippen MR) is 93.3 cm³/mol. The number of carbonyl (C=O) groups is 1. The van der Waals surface area contributed by atoms with Crippen molar-refractivity contribution in [3.8, 4) is 5.75 Å². The molecule has 0 saturated carbocycles. The first kappa shape index (κ1) is 16.5. The number of hydrogen-bond donors (Lipinski definition) is 1. The molecule has 1 N–H and O–H groups in total. The second-order valence-corrected chi connectivity index (χ2v) is 6.13. The predicted octanol–water partition coefficient (Wildman–Crippen LogP) is 3.48. The van der Waals surface area contributed by atoms with Crippen LogP contribution in [0.2, 0.25) is 0 Å². The second-order valence-electron chi connectivity index (χ2n) is 6.13. The summed E-state index contributed by atoms with van der Waals surface area (Å²) in [4.78, 5) is 12.5. The van der Waals surface area contributed by atoms with Crippen molar-refractivity contribution >= 4 is 5.97 Å². The SMILES string of the molecule is Cc1cccc(COC(=O)c2ccccc2OC2CCNCC2)c1. The lowest BCUT2D eigenvalue weighted by molar-refractivity contribution is 0.0463. The van der Waals surface area contributed by atoms with Crippen LogP contribution in [0.3, 0.4) is 0 Å². The minimum absolute atomic E-state index is 0.150. The molecule has 2 aromatic rings. The number of para-hydroxylation sites is 1. The summed E-state index contributed by atoms with van der Waals surface area (Å²) in [5.74, 6) is 0.264. The van der Waals surface area contributed by atoms with Gasteiger partial charge < -0.3 is 14.8 Å². The molecule has 4 heteroatoms. The average molecular weight is 325 g/mol. The number of aryl methyl sites for hydroxylation is 1. The molecule has 4 nitrogen and oxygen atoms in total. The Morgan fingerprint density at radius 1 is 1.12 bits per heavy atom. The summed E-state index contributed by atoms with van der Waals surface area (Å²) in [6, 6.07) is 15.3. The van der Waals surface area contributed by atoms with Crippen LogP contribution in [-0.2, 0) is 11.3 Å². The van der Waals surface area contributed by atoms with Crippen molar-refractivity contribution in [1.29, 1.82) is 0 Å². The highest BCUT2D eigenvalue weighted by Gasteiger charge is 2.19. The first-order valence-corrected chi connectivity index (χ1v) is 8.41. The zero-order valence-corrected chi connectivity index (χ0v) is 14.0. The molecule has 2 aromatic carbocycles. The molecule has 0 aliphatic carbocycles. The number of ether oxygens (including phenoxy) is 2. The van der Waals surface area contributed by atoms with Crippen molar-refractivity contribution in [1.82, 2.24) is 5.32 Å². The van der Waals surface area contributed by atoms with Crippen LogP contribution in [-0.4, -0.2) is 25.2 Å². The maximum absolute atomic E-state index is 12.5. The van der Waals surface area contributed by atoms with Gasteiger partial charge in [0.15, 0.2) is 0 Å². The molecule has 1 saturated heterocycles. The molecule has 126 valence electrons. The van der Waals surface area contributed by atoms with E-state index in [1.165, 1.54) is 0 Å². The van der Waals surface area contributed by atoms with E-state index in [9.17, 15) is 4.79 Å². The largest absolute Gasteiger partial charge is 0.489 e. The highest BCUT2D eigenvalue weighted by molar-refractivity contribution is 5.92. The highest BCUT2D eigenvalue weighted by atomic mass is 16.5. The molecule has 0 radical (unpaired) electrons. The smallest absolute Gasteiger partial charge is 0.342 e. The average Bonchev–Trinajstić information content (AvgIpc) is 2.61. The van der Waals surface area contributed by atoms with Crippen molar-refractivity contribution in [3.05, 3.63) is 65.2 Å². The molecule has 0 atom stereocenters. The van der Waals surface area contributed by atoms with Gasteiger partial charge >= 0.3 is 5.97 Å². The third-order valence-electron chi connectivity index (χ3n) is 4.14. The molecule has 24 heavy (non-hydrogen) atoms. The Labute approximate surface area is 142 Å². The van der Waals surface area contributed by atoms with Crippen molar-refractivity contribution in [2.45, 2.75) is 32.5 Å². The second kappa shape index (κ2) is 7.97. The first-order chi connectivity index (χ1) is 11.7. The Kier molecular flexibility index (Phi) is 5.49. The third kappa shape index (κ3) is 4.36. The molecular weight excluding hydrogens is 302 g/mol. The lowest BCUT2D eigenvalue weighted by atomic mass is 10.1. The molecule has 1 fully saturated rings. The molecule has 0 aromatic heterocycles. The van der Waals surface area contributed by atoms with E-state index in [-0.39, 0.29) is 18.7 Å². The normalized spacial score (nSPS) is 15.0. The molecule has 0 spiro atoms. The number of benzene rings is 2. The highest BCUT2D eigenvalue weighted by Crippen LogP contribution is 2.23. The molecular formula is C20H23NO3. The van der Waals surface area contributed by atoms with Crippen molar-refractivity contribution < 1.29 is 14.3 Å². The van der Waals surface area contributed by atoms with E-state index < -0.39 is 0 Å². The Bertz CT molecular complexity index is 693. The van der Waals surface area contributed by atoms with Crippen molar-refractivity contribution in [2.24, 2.45) is 0 Å². The molecule has 1 heterocycles. The molecule has 3 rings (SSSR count). The zero-order chi connectivity index (χ0) is 16.8. The van der Waals surface area contributed by atoms with Crippen LogP contribution in [0.15, 0.2) is 48.5 Å². The van der Waals surface area contributed by atoms with E-state index in [4.69, 9.17) is 9.47 Å². The molecule has 0 amide bonds. The summed E-state index contributed by atoms with van der Waals surface area (Å²) >= 11 is 0. The van der Waals surface area contributed by atoms with Crippen LogP contribution < -0.4 is 10.1 Å². The van der Waals surface area contributed by atoms with E-state index in [1.807, 2.05) is 49.4 Å². The molecule has 0 bridgehead atoms. The summed E-state index contributed by atoms with van der Waals surface area (Å²) < 4.78 is 11.5. The Morgan fingerprint density at radius 3 is 2.71 bits per heavy atom. The monoisotopic (exact) mass is 325 g/mol. The van der Waals surface area contributed by atoms with Gasteiger partial charge in [-0.2, -0.15) is 0 Å². The van der Waals surface area contributed by atoms with Gasteiger partial charge in [-0.05, 0) is 50.6 Å². The van der Waals surface area contributed by atoms with Crippen molar-refractivity contribution in [3.63, 3.8) is 0 Å². The lowest BCUT2D eigenvalue weighted by Gasteiger charge is -2.24. The van der Waals surface area contributed by atoms with E-state index in [0.717, 1.165) is 37.1 Å². The van der Waals surface area contributed by atoms with E-state index in [2.05, 4.69) is 5.32 Å². The summed E-state index contributed by atoms with van der Waals surface area (Å²) in [6.07, 6.45) is 2.05. The maximum atomic E-state index is 12.5. The fourth-order valence-corrected chi connectivity index (χ4v) is 2.86. The van der Waals surface area contributed by atoms with Gasteiger partial charge in [-0.25, -0.2) is 4.79 Å². The first-order valence-electron chi connectivity index (χ1n) is 8.41. The Hall–Kier alpha value is -2.33. The molecule has 0 unspecified atom stereocenters. The zero-order valence-electron chi connectivity index (χ0n) is 14.0. The number of carbonyl (C=O) groups excluding carboxylic acids is 1. The van der Waals surface area contributed by atoms with Gasteiger partial charge in [0.05, 0.1) is 0 Å². The molecule has 1 aliphatic rings. The topological polar surface area (TPSA) is 47.6 Å². The summed E-state index contributed by atoms with van der Waals surface area (Å²) in [6.45, 7) is 4.19. The van der Waals surface area contributed by atoms with E-state index in [1.54, 1.807) is 6.07 Å². The van der Waals surface area contributed by atoms with Gasteiger partial charge in [0.25, 0.3) is 0 Å². The van der Waals surface area contributed by atoms with Crippen LogP contribution in [0.25, 0.3) is 0 Å². The van der Waals surface area contributed by atoms with Crippen LogP contribution in [0.5, 0.6) is 5.75 Å². The summed E-state index contributed by atoms with van der Waals surface area (Å²) in [7, 11) is 0. The van der Waals surface area contributed by atoms with Crippen molar-refractivity contribution in [2.75, 3.05) is 13.1 Å². The van der Waals surface area contributed by atoms with Gasteiger partial charge in [0, 0.05) is 0 Å². The fraction of sp³-hybridized carbons (Fsp3) is 0.350. The van der Waals surface area contributed by atoms with Gasteiger partial charge in [-0.3, -0.25) is 0 Å². The lowest BCUT2D eigenvalue weighted by Crippen LogP contribution is -2.34. The van der Waals surface area contributed by atoms with Crippen LogP contribution >= 0.6 is 0 Å². The maximum Gasteiger partial charge on any atom is 0.342 e. The standard InChI is InChI=1S/C20H23NO3/c1-15-5-4-6-16(13-15)14-23-20(22)18-7-2-3-8-19(18)24-17-9-11-21-12-10-17/h2-8,13,17,21H,9-12,14H2,1H3. The van der Waals surface area contributed by atoms with Crippen LogP contribution in [0.4, 0.5) is 0 Å². The fourth-order valence-electron chi connectivity index (χ4n) is 2.86. The van der Waals surface area contributed by atoms with E-state index >= 15 is 0 Å². The summed E-state index contributed by atoms with van der Waals surface area (Å²) in [5.41, 5.74) is 2.63. The van der Waals surface area contributed by atoms with E-state index in [0.29, 0.717) is 11.3 Å². The number of esters is 1. The van der Waals surface area contributed by atoms with Crippen LogP contribution in [0, 0.1) is 6.92 Å². The number of rotatable bonds is 5. The van der Waals surface area contributed by atoms with Gasteiger partial charge in [0.1, 0.15) is 24.0 Å². The number of hydrogen-bond acceptors (Lipinski definition) is 4. The Balaban J connectivity index is 1.65. The third-order valence-corrected chi connectivity index (χ3v) is 4.14. The number of nitrogens with one attached hydrogen (secondary N) is 1. The minimum atomic E-state index is -0.346. The van der Waals surface area contributed by atoms with Gasteiger partial charge in [0.2, 0.25) is 0 Å². The van der Waals surface area contributed by atoms with Gasteiger partial charge in [-0.1, -0.05) is 42.0 Å². The Morgan fingerprint density at radius 2 is 1.92 bits per heavy atom. The summed E-state index contributed by atoms with van der Waals surface area (Å²) in [5, 5.41) is 3.31.